The summed E-state index contributed by atoms with van der Waals surface area (Å²) in [5.41, 5.74) is 5.32. The van der Waals surface area contributed by atoms with Crippen LogP contribution in [0, 0.1) is 6.92 Å². The van der Waals surface area contributed by atoms with Gasteiger partial charge in [-0.1, -0.05) is 36.3 Å². The topological polar surface area (TPSA) is 59.2 Å². The van der Waals surface area contributed by atoms with E-state index >= 15 is 0 Å². The molecule has 1 aliphatic rings. The van der Waals surface area contributed by atoms with E-state index in [4.69, 9.17) is 4.52 Å². The second-order valence-corrected chi connectivity index (χ2v) is 6.61. The van der Waals surface area contributed by atoms with Crippen LogP contribution in [-0.4, -0.2) is 22.6 Å². The first-order chi connectivity index (χ1) is 12.7. The Morgan fingerprint density at radius 1 is 1.23 bits per heavy atom. The highest BCUT2D eigenvalue weighted by molar-refractivity contribution is 5.97. The number of fused-ring (bicyclic) bond motifs is 1. The van der Waals surface area contributed by atoms with E-state index in [0.29, 0.717) is 18.1 Å². The number of carbonyl (C=O) groups excluding carboxylic acids is 1. The van der Waals surface area contributed by atoms with Crippen LogP contribution < -0.4 is 4.90 Å². The lowest BCUT2D eigenvalue weighted by Gasteiger charge is -2.18. The minimum absolute atomic E-state index is 0.138. The normalized spacial score (nSPS) is 13.1. The quantitative estimate of drug-likeness (QED) is 0.721. The van der Waals surface area contributed by atoms with E-state index in [-0.39, 0.29) is 5.91 Å². The molecule has 5 heteroatoms. The minimum atomic E-state index is 0.138. The van der Waals surface area contributed by atoms with Gasteiger partial charge in [0.15, 0.2) is 0 Å². The lowest BCUT2D eigenvalue weighted by molar-refractivity contribution is -0.117. The Labute approximate surface area is 152 Å². The van der Waals surface area contributed by atoms with Crippen molar-refractivity contribution >= 4 is 11.6 Å². The summed E-state index contributed by atoms with van der Waals surface area (Å²) in [6, 6.07) is 14.1. The van der Waals surface area contributed by atoms with E-state index in [2.05, 4.69) is 16.2 Å². The van der Waals surface area contributed by atoms with Crippen molar-refractivity contribution < 1.29 is 9.32 Å². The lowest BCUT2D eigenvalue weighted by Crippen LogP contribution is -2.30. The van der Waals surface area contributed by atoms with Gasteiger partial charge >= 0.3 is 0 Å². The molecule has 132 valence electrons. The molecule has 0 N–H and O–H groups in total. The van der Waals surface area contributed by atoms with E-state index < -0.39 is 0 Å². The molecule has 1 aromatic heterocycles. The molecular weight excluding hydrogens is 326 g/mol. The van der Waals surface area contributed by atoms with Crippen molar-refractivity contribution in [1.29, 1.82) is 0 Å². The zero-order chi connectivity index (χ0) is 18.1. The Morgan fingerprint density at radius 3 is 2.85 bits per heavy atom. The van der Waals surface area contributed by atoms with Crippen LogP contribution in [0.2, 0.25) is 0 Å². The largest absolute Gasteiger partial charge is 0.339 e. The third-order valence-electron chi connectivity index (χ3n) is 4.91. The highest BCUT2D eigenvalue weighted by atomic mass is 16.5. The molecule has 0 radical (unpaired) electrons. The number of anilines is 1. The maximum atomic E-state index is 12.8. The molecule has 0 bridgehead atoms. The molecule has 0 saturated carbocycles. The molecular formula is C21H21N3O2. The zero-order valence-corrected chi connectivity index (χ0v) is 15.0. The van der Waals surface area contributed by atoms with Gasteiger partial charge < -0.3 is 9.42 Å². The molecule has 0 spiro atoms. The summed E-state index contributed by atoms with van der Waals surface area (Å²) in [5.74, 6) is 1.38. The van der Waals surface area contributed by atoms with Crippen molar-refractivity contribution in [2.45, 2.75) is 33.1 Å². The Kier molecular flexibility index (Phi) is 4.29. The number of amides is 1. The van der Waals surface area contributed by atoms with Crippen LogP contribution in [0.25, 0.3) is 11.4 Å². The van der Waals surface area contributed by atoms with Crippen LogP contribution in [0.3, 0.4) is 0 Å². The molecule has 0 atom stereocenters. The van der Waals surface area contributed by atoms with Crippen LogP contribution in [0.4, 0.5) is 5.69 Å². The van der Waals surface area contributed by atoms with Crippen molar-refractivity contribution in [1.82, 2.24) is 10.1 Å². The monoisotopic (exact) mass is 347 g/mol. The van der Waals surface area contributed by atoms with Crippen molar-refractivity contribution in [3.63, 3.8) is 0 Å². The molecule has 5 nitrogen and oxygen atoms in total. The predicted molar refractivity (Wildman–Crippen MR) is 100 cm³/mol. The molecule has 0 saturated heterocycles. The standard InChI is InChI=1S/C21H21N3O2/c1-3-19-22-21(23-26-19)17-8-9-18-16(12-17)10-11-24(18)20(25)13-15-7-5-4-6-14(15)2/h4-9,12H,3,10-11,13H2,1-2H3. The second-order valence-electron chi connectivity index (χ2n) is 6.61. The lowest BCUT2D eigenvalue weighted by atomic mass is 10.1. The fraction of sp³-hybridized carbons (Fsp3) is 0.286. The Hall–Kier alpha value is -2.95. The maximum absolute atomic E-state index is 12.8. The first kappa shape index (κ1) is 16.5. The number of hydrogen-bond acceptors (Lipinski definition) is 4. The van der Waals surface area contributed by atoms with Gasteiger partial charge in [-0.3, -0.25) is 4.79 Å². The highest BCUT2D eigenvalue weighted by Crippen LogP contribution is 2.32. The van der Waals surface area contributed by atoms with Gasteiger partial charge in [0, 0.05) is 24.2 Å². The fourth-order valence-corrected chi connectivity index (χ4v) is 3.38. The van der Waals surface area contributed by atoms with Crippen LogP contribution in [0.5, 0.6) is 0 Å². The summed E-state index contributed by atoms with van der Waals surface area (Å²) >= 11 is 0. The van der Waals surface area contributed by atoms with E-state index in [0.717, 1.165) is 47.3 Å². The Balaban J connectivity index is 1.56. The third-order valence-corrected chi connectivity index (χ3v) is 4.91. The summed E-state index contributed by atoms with van der Waals surface area (Å²) in [7, 11) is 0. The summed E-state index contributed by atoms with van der Waals surface area (Å²) in [6.45, 7) is 4.75. The molecule has 0 fully saturated rings. The molecule has 0 unspecified atom stereocenters. The molecule has 1 amide bonds. The van der Waals surface area contributed by atoms with Gasteiger partial charge in [-0.05, 0) is 48.2 Å². The van der Waals surface area contributed by atoms with Gasteiger partial charge in [0.1, 0.15) is 0 Å². The fourth-order valence-electron chi connectivity index (χ4n) is 3.38. The summed E-state index contributed by atoms with van der Waals surface area (Å²) < 4.78 is 5.20. The van der Waals surface area contributed by atoms with Crippen molar-refractivity contribution in [2.75, 3.05) is 11.4 Å². The molecule has 3 aromatic rings. The van der Waals surface area contributed by atoms with Crippen molar-refractivity contribution in [2.24, 2.45) is 0 Å². The average Bonchev–Trinajstić information content (AvgIpc) is 3.29. The van der Waals surface area contributed by atoms with Gasteiger partial charge in [0.2, 0.25) is 17.6 Å². The van der Waals surface area contributed by atoms with Gasteiger partial charge in [-0.15, -0.1) is 0 Å². The average molecular weight is 347 g/mol. The van der Waals surface area contributed by atoms with Gasteiger partial charge in [0.05, 0.1) is 6.42 Å². The predicted octanol–water partition coefficient (Wildman–Crippen LogP) is 3.74. The van der Waals surface area contributed by atoms with Gasteiger partial charge in [0.25, 0.3) is 0 Å². The van der Waals surface area contributed by atoms with Gasteiger partial charge in [-0.2, -0.15) is 4.98 Å². The maximum Gasteiger partial charge on any atom is 0.231 e. The van der Waals surface area contributed by atoms with E-state index in [9.17, 15) is 4.79 Å². The highest BCUT2D eigenvalue weighted by Gasteiger charge is 2.25. The van der Waals surface area contributed by atoms with Crippen LogP contribution in [-0.2, 0) is 24.1 Å². The summed E-state index contributed by atoms with van der Waals surface area (Å²) in [4.78, 5) is 19.1. The Morgan fingerprint density at radius 2 is 2.08 bits per heavy atom. The molecule has 1 aliphatic heterocycles. The van der Waals surface area contributed by atoms with Crippen LogP contribution in [0.1, 0.15) is 29.5 Å². The van der Waals surface area contributed by atoms with Crippen LogP contribution in [0.15, 0.2) is 47.0 Å². The van der Waals surface area contributed by atoms with E-state index in [1.54, 1.807) is 0 Å². The zero-order valence-electron chi connectivity index (χ0n) is 15.0. The number of carbonyl (C=O) groups is 1. The first-order valence-corrected chi connectivity index (χ1v) is 8.96. The molecule has 0 aliphatic carbocycles. The number of aryl methyl sites for hydroxylation is 2. The van der Waals surface area contributed by atoms with Crippen LogP contribution >= 0.6 is 0 Å². The first-order valence-electron chi connectivity index (χ1n) is 8.96. The summed E-state index contributed by atoms with van der Waals surface area (Å²) in [6.07, 6.45) is 2.00. The minimum Gasteiger partial charge on any atom is -0.339 e. The number of aromatic nitrogens is 2. The van der Waals surface area contributed by atoms with Gasteiger partial charge in [-0.25, -0.2) is 0 Å². The Bertz CT molecular complexity index is 961. The third kappa shape index (κ3) is 3.01. The summed E-state index contributed by atoms with van der Waals surface area (Å²) in [5, 5.41) is 4.04. The SMILES string of the molecule is CCc1nc(-c2ccc3c(c2)CCN3C(=O)Cc2ccccc2C)no1. The smallest absolute Gasteiger partial charge is 0.231 e. The van der Waals surface area contributed by atoms with Crippen molar-refractivity contribution in [3.8, 4) is 11.4 Å². The van der Waals surface area contributed by atoms with E-state index in [1.165, 1.54) is 0 Å². The molecule has 26 heavy (non-hydrogen) atoms. The number of hydrogen-bond donors (Lipinski definition) is 0. The second kappa shape index (κ2) is 6.75. The van der Waals surface area contributed by atoms with E-state index in [1.807, 2.05) is 55.1 Å². The number of nitrogens with zero attached hydrogens (tertiary/aromatic N) is 3. The number of benzene rings is 2. The molecule has 4 rings (SSSR count). The number of rotatable bonds is 4. The molecule has 2 heterocycles. The van der Waals surface area contributed by atoms with Crippen molar-refractivity contribution in [3.05, 3.63) is 65.0 Å². The molecule has 2 aromatic carbocycles.